The fourth-order valence-corrected chi connectivity index (χ4v) is 1.31. The van der Waals surface area contributed by atoms with Gasteiger partial charge in [0, 0.05) is 6.20 Å². The number of halogens is 3. The molecule has 7 heteroatoms. The second-order valence-corrected chi connectivity index (χ2v) is 3.01. The van der Waals surface area contributed by atoms with Crippen molar-refractivity contribution in [3.63, 3.8) is 0 Å². The zero-order chi connectivity index (χ0) is 11.1. The van der Waals surface area contributed by atoms with Crippen molar-refractivity contribution in [1.82, 2.24) is 14.5 Å². The molecule has 80 valence electrons. The van der Waals surface area contributed by atoms with Gasteiger partial charge in [-0.1, -0.05) is 0 Å². The number of nitrogens with one attached hydrogen (secondary N) is 1. The highest BCUT2D eigenvalue weighted by Crippen LogP contribution is 2.18. The molecule has 4 nitrogen and oxygen atoms in total. The van der Waals surface area contributed by atoms with Crippen LogP contribution in [0.15, 0.2) is 23.1 Å². The summed E-state index contributed by atoms with van der Waals surface area (Å²) in [5.74, 6) is 0. The lowest BCUT2D eigenvalue weighted by molar-refractivity contribution is -0.140. The van der Waals surface area contributed by atoms with E-state index in [-0.39, 0.29) is 5.65 Å². The third kappa shape index (κ3) is 1.85. The molecular weight excluding hydrogens is 211 g/mol. The number of hydrogen-bond acceptors (Lipinski definition) is 2. The first-order valence-electron chi connectivity index (χ1n) is 4.08. The first-order valence-corrected chi connectivity index (χ1v) is 4.08. The molecular formula is C8H6F3N3O. The van der Waals surface area contributed by atoms with E-state index in [1.54, 1.807) is 0 Å². The SMILES string of the molecule is O=c1[nH]c2cccnc2n1CC(F)(F)F. The van der Waals surface area contributed by atoms with Gasteiger partial charge >= 0.3 is 11.9 Å². The molecule has 2 aromatic rings. The minimum absolute atomic E-state index is 0.0137. The summed E-state index contributed by atoms with van der Waals surface area (Å²) in [6.07, 6.45) is -3.10. The summed E-state index contributed by atoms with van der Waals surface area (Å²) in [7, 11) is 0. The van der Waals surface area contributed by atoms with Crippen molar-refractivity contribution >= 4 is 11.2 Å². The van der Waals surface area contributed by atoms with Crippen LogP contribution < -0.4 is 5.69 Å². The number of nitrogens with zero attached hydrogens (tertiary/aromatic N) is 2. The average Bonchev–Trinajstić information content (AvgIpc) is 2.41. The maximum absolute atomic E-state index is 12.1. The van der Waals surface area contributed by atoms with Crippen LogP contribution in [0.2, 0.25) is 0 Å². The molecule has 2 heterocycles. The number of aromatic nitrogens is 3. The van der Waals surface area contributed by atoms with Gasteiger partial charge < -0.3 is 4.98 Å². The van der Waals surface area contributed by atoms with Gasteiger partial charge in [-0.05, 0) is 12.1 Å². The summed E-state index contributed by atoms with van der Waals surface area (Å²) >= 11 is 0. The van der Waals surface area contributed by atoms with E-state index in [9.17, 15) is 18.0 Å². The standard InChI is InChI=1S/C8H6F3N3O/c9-8(10,11)4-14-6-5(13-7(14)15)2-1-3-12-6/h1-3H,4H2,(H,13,15). The second kappa shape index (κ2) is 3.11. The molecule has 0 fully saturated rings. The minimum Gasteiger partial charge on any atom is -0.304 e. The van der Waals surface area contributed by atoms with E-state index in [1.807, 2.05) is 0 Å². The summed E-state index contributed by atoms with van der Waals surface area (Å²) in [5, 5.41) is 0. The maximum Gasteiger partial charge on any atom is 0.406 e. The summed E-state index contributed by atoms with van der Waals surface area (Å²) in [5.41, 5.74) is -0.493. The smallest absolute Gasteiger partial charge is 0.304 e. The number of pyridine rings is 1. The van der Waals surface area contributed by atoms with E-state index in [0.29, 0.717) is 10.1 Å². The maximum atomic E-state index is 12.1. The van der Waals surface area contributed by atoms with Crippen LogP contribution in [0.1, 0.15) is 0 Å². The molecule has 15 heavy (non-hydrogen) atoms. The molecule has 0 spiro atoms. The van der Waals surface area contributed by atoms with Crippen LogP contribution in [0, 0.1) is 0 Å². The lowest BCUT2D eigenvalue weighted by Crippen LogP contribution is -2.26. The number of imidazole rings is 1. The topological polar surface area (TPSA) is 50.7 Å². The Labute approximate surface area is 81.4 Å². The van der Waals surface area contributed by atoms with E-state index < -0.39 is 18.4 Å². The quantitative estimate of drug-likeness (QED) is 0.782. The van der Waals surface area contributed by atoms with Gasteiger partial charge in [0.05, 0.1) is 5.52 Å². The van der Waals surface area contributed by atoms with Crippen LogP contribution in [0.25, 0.3) is 11.2 Å². The first kappa shape index (κ1) is 9.75. The van der Waals surface area contributed by atoms with Crippen molar-refractivity contribution < 1.29 is 13.2 Å². The van der Waals surface area contributed by atoms with Crippen LogP contribution in [0.3, 0.4) is 0 Å². The Kier molecular flexibility index (Phi) is 2.02. The van der Waals surface area contributed by atoms with Crippen molar-refractivity contribution in [2.45, 2.75) is 12.7 Å². The first-order chi connectivity index (χ1) is 6.97. The Morgan fingerprint density at radius 2 is 2.20 bits per heavy atom. The number of alkyl halides is 3. The fraction of sp³-hybridized carbons (Fsp3) is 0.250. The normalized spacial score (nSPS) is 12.2. The van der Waals surface area contributed by atoms with E-state index in [0.717, 1.165) is 0 Å². The van der Waals surface area contributed by atoms with Gasteiger partial charge in [-0.15, -0.1) is 0 Å². The predicted octanol–water partition coefficient (Wildman–Crippen LogP) is 1.29. The summed E-state index contributed by atoms with van der Waals surface area (Å²) < 4.78 is 36.9. The van der Waals surface area contributed by atoms with Gasteiger partial charge in [-0.3, -0.25) is 4.57 Å². The van der Waals surface area contributed by atoms with E-state index in [1.165, 1.54) is 18.3 Å². The van der Waals surface area contributed by atoms with Crippen LogP contribution in [0.4, 0.5) is 13.2 Å². The van der Waals surface area contributed by atoms with E-state index in [4.69, 9.17) is 0 Å². The number of rotatable bonds is 1. The lowest BCUT2D eigenvalue weighted by Gasteiger charge is -2.06. The van der Waals surface area contributed by atoms with Crippen LogP contribution >= 0.6 is 0 Å². The number of hydrogen-bond donors (Lipinski definition) is 1. The Morgan fingerprint density at radius 1 is 1.47 bits per heavy atom. The average molecular weight is 217 g/mol. The molecule has 0 radical (unpaired) electrons. The number of aromatic amines is 1. The van der Waals surface area contributed by atoms with Gasteiger partial charge in [0.2, 0.25) is 0 Å². The molecule has 0 saturated carbocycles. The zero-order valence-corrected chi connectivity index (χ0v) is 7.38. The number of H-pyrrole nitrogens is 1. The van der Waals surface area contributed by atoms with Gasteiger partial charge in [0.15, 0.2) is 5.65 Å². The molecule has 0 aliphatic carbocycles. The predicted molar refractivity (Wildman–Crippen MR) is 46.4 cm³/mol. The molecule has 2 aromatic heterocycles. The Bertz CT molecular complexity index is 540. The molecule has 0 aliphatic heterocycles. The molecule has 0 bridgehead atoms. The molecule has 0 atom stereocenters. The summed E-state index contributed by atoms with van der Waals surface area (Å²) in [4.78, 5) is 17.2. The third-order valence-corrected chi connectivity index (χ3v) is 1.87. The van der Waals surface area contributed by atoms with Gasteiger partial charge in [0.25, 0.3) is 0 Å². The Morgan fingerprint density at radius 3 is 2.87 bits per heavy atom. The van der Waals surface area contributed by atoms with Crippen molar-refractivity contribution in [2.75, 3.05) is 0 Å². The van der Waals surface area contributed by atoms with Crippen molar-refractivity contribution in [2.24, 2.45) is 0 Å². The molecule has 0 unspecified atom stereocenters. The number of fused-ring (bicyclic) bond motifs is 1. The van der Waals surface area contributed by atoms with E-state index in [2.05, 4.69) is 9.97 Å². The van der Waals surface area contributed by atoms with E-state index >= 15 is 0 Å². The van der Waals surface area contributed by atoms with Crippen LogP contribution in [-0.4, -0.2) is 20.7 Å². The van der Waals surface area contributed by atoms with Crippen molar-refractivity contribution in [1.29, 1.82) is 0 Å². The molecule has 0 amide bonds. The lowest BCUT2D eigenvalue weighted by atomic mass is 10.4. The minimum atomic E-state index is -4.43. The van der Waals surface area contributed by atoms with Gasteiger partial charge in [-0.2, -0.15) is 13.2 Å². The van der Waals surface area contributed by atoms with Crippen molar-refractivity contribution in [3.05, 3.63) is 28.8 Å². The van der Waals surface area contributed by atoms with Gasteiger partial charge in [0.1, 0.15) is 6.54 Å². The van der Waals surface area contributed by atoms with Gasteiger partial charge in [-0.25, -0.2) is 9.78 Å². The fourth-order valence-electron chi connectivity index (χ4n) is 1.31. The highest BCUT2D eigenvalue weighted by Gasteiger charge is 2.29. The van der Waals surface area contributed by atoms with Crippen LogP contribution in [0.5, 0.6) is 0 Å². The zero-order valence-electron chi connectivity index (χ0n) is 7.38. The molecule has 1 N–H and O–H groups in total. The molecule has 0 aromatic carbocycles. The Balaban J connectivity index is 2.60. The largest absolute Gasteiger partial charge is 0.406 e. The third-order valence-electron chi connectivity index (χ3n) is 1.87. The monoisotopic (exact) mass is 217 g/mol. The van der Waals surface area contributed by atoms with Crippen LogP contribution in [-0.2, 0) is 6.54 Å². The Hall–Kier alpha value is -1.79. The second-order valence-electron chi connectivity index (χ2n) is 3.01. The highest BCUT2D eigenvalue weighted by atomic mass is 19.4. The highest BCUT2D eigenvalue weighted by molar-refractivity contribution is 5.69. The summed E-state index contributed by atoms with van der Waals surface area (Å²) in [6, 6.07) is 3.03. The van der Waals surface area contributed by atoms with Crippen molar-refractivity contribution in [3.8, 4) is 0 Å². The summed E-state index contributed by atoms with van der Waals surface area (Å²) in [6.45, 7) is -1.33. The molecule has 2 rings (SSSR count). The molecule has 0 saturated heterocycles. The molecule has 0 aliphatic rings.